The van der Waals surface area contributed by atoms with E-state index in [9.17, 15) is 0 Å². The van der Waals surface area contributed by atoms with E-state index in [1.54, 1.807) is 0 Å². The summed E-state index contributed by atoms with van der Waals surface area (Å²) in [6.45, 7) is 8.09. The molecule has 0 radical (unpaired) electrons. The number of rotatable bonds is 9. The van der Waals surface area contributed by atoms with Gasteiger partial charge in [-0.2, -0.15) is 0 Å². The van der Waals surface area contributed by atoms with E-state index in [-0.39, 0.29) is 0 Å². The van der Waals surface area contributed by atoms with E-state index >= 15 is 0 Å². The molecule has 1 aliphatic carbocycles. The molecule has 0 heterocycles. The molecule has 2 rings (SSSR count). The van der Waals surface area contributed by atoms with Crippen LogP contribution in [0.4, 0.5) is 0 Å². The highest BCUT2D eigenvalue weighted by Crippen LogP contribution is 2.23. The van der Waals surface area contributed by atoms with Crippen LogP contribution < -0.4 is 5.32 Å². The van der Waals surface area contributed by atoms with Gasteiger partial charge in [0.1, 0.15) is 0 Å². The maximum atomic E-state index is 3.74. The fraction of sp³-hybridized carbons (Fsp3) is 0.684. The van der Waals surface area contributed by atoms with Gasteiger partial charge in [-0.15, -0.1) is 0 Å². The van der Waals surface area contributed by atoms with Gasteiger partial charge in [-0.3, -0.25) is 0 Å². The maximum Gasteiger partial charge on any atom is 0.00683 e. The molecule has 1 fully saturated rings. The summed E-state index contributed by atoms with van der Waals surface area (Å²) in [5.74, 6) is 1.65. The Morgan fingerprint density at radius 2 is 1.90 bits per heavy atom. The first kappa shape index (κ1) is 15.6. The molecule has 2 atom stereocenters. The lowest BCUT2D eigenvalue weighted by atomic mass is 9.88. The number of hydrogen-bond acceptors (Lipinski definition) is 1. The van der Waals surface area contributed by atoms with Gasteiger partial charge >= 0.3 is 0 Å². The van der Waals surface area contributed by atoms with Gasteiger partial charge < -0.3 is 5.32 Å². The lowest BCUT2D eigenvalue weighted by Gasteiger charge is -2.21. The summed E-state index contributed by atoms with van der Waals surface area (Å²) in [5.41, 5.74) is 2.86. The average Bonchev–Trinajstić information content (AvgIpc) is 3.23. The molecule has 0 aliphatic heterocycles. The van der Waals surface area contributed by atoms with E-state index in [2.05, 4.69) is 50.4 Å². The Balaban J connectivity index is 1.87. The van der Waals surface area contributed by atoms with Crippen molar-refractivity contribution in [3.63, 3.8) is 0 Å². The van der Waals surface area contributed by atoms with Gasteiger partial charge in [0.05, 0.1) is 0 Å². The summed E-state index contributed by atoms with van der Waals surface area (Å²) >= 11 is 0. The van der Waals surface area contributed by atoms with Crippen LogP contribution in [0, 0.1) is 18.8 Å². The molecule has 0 bridgehead atoms. The zero-order valence-electron chi connectivity index (χ0n) is 13.5. The van der Waals surface area contributed by atoms with Crippen LogP contribution in [0.3, 0.4) is 0 Å². The van der Waals surface area contributed by atoms with E-state index in [0.29, 0.717) is 0 Å². The van der Waals surface area contributed by atoms with Gasteiger partial charge in [0, 0.05) is 6.04 Å². The molecule has 1 aromatic carbocycles. The predicted octanol–water partition coefficient (Wildman–Crippen LogP) is 4.73. The minimum absolute atomic E-state index is 0.792. The van der Waals surface area contributed by atoms with Gasteiger partial charge in [0.15, 0.2) is 0 Å². The summed E-state index contributed by atoms with van der Waals surface area (Å²) < 4.78 is 0. The normalized spacial score (nSPS) is 17.9. The molecular formula is C19H31N. The fourth-order valence-electron chi connectivity index (χ4n) is 3.10. The Bertz CT molecular complexity index is 377. The molecule has 1 heteroatoms. The summed E-state index contributed by atoms with van der Waals surface area (Å²) in [6.07, 6.45) is 8.06. The molecule has 0 amide bonds. The second kappa shape index (κ2) is 7.83. The summed E-state index contributed by atoms with van der Waals surface area (Å²) in [6, 6.07) is 9.94. The number of nitrogens with one attached hydrogen (secondary N) is 1. The van der Waals surface area contributed by atoms with Crippen LogP contribution in [0.15, 0.2) is 24.3 Å². The molecule has 1 saturated carbocycles. The third-order valence-electron chi connectivity index (χ3n) is 4.43. The van der Waals surface area contributed by atoms with Crippen molar-refractivity contribution in [2.75, 3.05) is 6.54 Å². The standard InChI is InChI=1S/C19H31N/c1-4-5-16(3)12-18(14-20-19-10-11-19)13-17-8-6-15(2)7-9-17/h6-9,16,18-20H,4-5,10-14H2,1-3H3. The van der Waals surface area contributed by atoms with Crippen LogP contribution in [-0.2, 0) is 6.42 Å². The van der Waals surface area contributed by atoms with Crippen LogP contribution in [0.1, 0.15) is 57.1 Å². The van der Waals surface area contributed by atoms with Gasteiger partial charge in [0.25, 0.3) is 0 Å². The minimum Gasteiger partial charge on any atom is -0.314 e. The second-order valence-electron chi connectivity index (χ2n) is 6.87. The Kier molecular flexibility index (Phi) is 6.09. The monoisotopic (exact) mass is 273 g/mol. The van der Waals surface area contributed by atoms with Crippen molar-refractivity contribution in [3.05, 3.63) is 35.4 Å². The van der Waals surface area contributed by atoms with Gasteiger partial charge in [0.2, 0.25) is 0 Å². The first-order chi connectivity index (χ1) is 9.67. The van der Waals surface area contributed by atoms with Crippen molar-refractivity contribution in [3.8, 4) is 0 Å². The zero-order chi connectivity index (χ0) is 14.4. The SMILES string of the molecule is CCCC(C)CC(CNC1CC1)Cc1ccc(C)cc1. The van der Waals surface area contributed by atoms with Crippen molar-refractivity contribution < 1.29 is 0 Å². The van der Waals surface area contributed by atoms with Crippen molar-refractivity contribution >= 4 is 0 Å². The van der Waals surface area contributed by atoms with Gasteiger partial charge in [-0.05, 0) is 56.6 Å². The third-order valence-corrected chi connectivity index (χ3v) is 4.43. The summed E-state index contributed by atoms with van der Waals surface area (Å²) in [7, 11) is 0. The Hall–Kier alpha value is -0.820. The smallest absolute Gasteiger partial charge is 0.00683 e. The molecule has 112 valence electrons. The lowest BCUT2D eigenvalue weighted by molar-refractivity contribution is 0.353. The number of benzene rings is 1. The van der Waals surface area contributed by atoms with Crippen molar-refractivity contribution in [1.29, 1.82) is 0 Å². The van der Waals surface area contributed by atoms with Crippen LogP contribution in [0.5, 0.6) is 0 Å². The molecule has 0 saturated heterocycles. The fourth-order valence-corrected chi connectivity index (χ4v) is 3.10. The van der Waals surface area contributed by atoms with Gasteiger partial charge in [-0.25, -0.2) is 0 Å². The van der Waals surface area contributed by atoms with E-state index < -0.39 is 0 Å². The largest absolute Gasteiger partial charge is 0.314 e. The number of hydrogen-bond donors (Lipinski definition) is 1. The summed E-state index contributed by atoms with van der Waals surface area (Å²) in [5, 5.41) is 3.74. The topological polar surface area (TPSA) is 12.0 Å². The van der Waals surface area contributed by atoms with Crippen molar-refractivity contribution in [1.82, 2.24) is 5.32 Å². The van der Waals surface area contributed by atoms with Crippen LogP contribution in [-0.4, -0.2) is 12.6 Å². The van der Waals surface area contributed by atoms with Crippen molar-refractivity contribution in [2.24, 2.45) is 11.8 Å². The highest BCUT2D eigenvalue weighted by Gasteiger charge is 2.22. The second-order valence-corrected chi connectivity index (χ2v) is 6.87. The molecule has 1 aromatic rings. The highest BCUT2D eigenvalue weighted by molar-refractivity contribution is 5.21. The van der Waals surface area contributed by atoms with Crippen LogP contribution in [0.25, 0.3) is 0 Å². The lowest BCUT2D eigenvalue weighted by Crippen LogP contribution is -2.27. The molecule has 1 N–H and O–H groups in total. The van der Waals surface area contributed by atoms with E-state index in [0.717, 1.165) is 17.9 Å². The van der Waals surface area contributed by atoms with Crippen LogP contribution in [0.2, 0.25) is 0 Å². The number of aryl methyl sites for hydroxylation is 1. The van der Waals surface area contributed by atoms with Gasteiger partial charge in [-0.1, -0.05) is 56.5 Å². The molecule has 0 spiro atoms. The minimum atomic E-state index is 0.792. The van der Waals surface area contributed by atoms with E-state index in [1.165, 1.54) is 56.2 Å². The van der Waals surface area contributed by atoms with Crippen molar-refractivity contribution in [2.45, 2.75) is 65.3 Å². The zero-order valence-corrected chi connectivity index (χ0v) is 13.5. The van der Waals surface area contributed by atoms with E-state index in [1.807, 2.05) is 0 Å². The predicted molar refractivity (Wildman–Crippen MR) is 88.1 cm³/mol. The first-order valence-corrected chi connectivity index (χ1v) is 8.46. The Morgan fingerprint density at radius 1 is 1.20 bits per heavy atom. The van der Waals surface area contributed by atoms with E-state index in [4.69, 9.17) is 0 Å². The Morgan fingerprint density at radius 3 is 2.50 bits per heavy atom. The molecule has 20 heavy (non-hydrogen) atoms. The average molecular weight is 273 g/mol. The summed E-state index contributed by atoms with van der Waals surface area (Å²) in [4.78, 5) is 0. The molecule has 0 aromatic heterocycles. The van der Waals surface area contributed by atoms with Crippen LogP contribution >= 0.6 is 0 Å². The quantitative estimate of drug-likeness (QED) is 0.685. The third kappa shape index (κ3) is 5.66. The molecular weight excluding hydrogens is 242 g/mol. The maximum absolute atomic E-state index is 3.74. The molecule has 1 aliphatic rings. The molecule has 2 unspecified atom stereocenters. The molecule has 1 nitrogen and oxygen atoms in total. The highest BCUT2D eigenvalue weighted by atomic mass is 14.9. The first-order valence-electron chi connectivity index (χ1n) is 8.46. The Labute approximate surface area is 125 Å².